The standard InChI is InChI=1S/C20H23N7S/c1-2-21-19(23-14-17-15-26-12-13-28-20(26)25-17)22-10-8-16-4-6-18(7-5-16)27-11-3-9-24-27/h3-7,9,11-13,15H,2,8,10,14H2,1H3,(H2,21,22,23). The van der Waals surface area contributed by atoms with Crippen LogP contribution in [-0.4, -0.2) is 38.2 Å². The second-order valence-corrected chi connectivity index (χ2v) is 7.19. The third-order valence-electron chi connectivity index (χ3n) is 4.30. The van der Waals surface area contributed by atoms with E-state index in [4.69, 9.17) is 0 Å². The molecule has 0 saturated heterocycles. The molecule has 0 unspecified atom stereocenters. The molecular formula is C20H23N7S. The summed E-state index contributed by atoms with van der Waals surface area (Å²) in [5, 5.41) is 13.0. The second kappa shape index (κ2) is 8.71. The Morgan fingerprint density at radius 2 is 2.07 bits per heavy atom. The molecule has 28 heavy (non-hydrogen) atoms. The van der Waals surface area contributed by atoms with Gasteiger partial charge in [-0.05, 0) is 37.1 Å². The Balaban J connectivity index is 1.31. The molecule has 7 nitrogen and oxygen atoms in total. The summed E-state index contributed by atoms with van der Waals surface area (Å²) in [6, 6.07) is 10.4. The summed E-state index contributed by atoms with van der Waals surface area (Å²) in [7, 11) is 0. The minimum absolute atomic E-state index is 0.558. The Labute approximate surface area is 167 Å². The summed E-state index contributed by atoms with van der Waals surface area (Å²) in [5.74, 6) is 0.812. The summed E-state index contributed by atoms with van der Waals surface area (Å²) < 4.78 is 3.89. The number of guanidine groups is 1. The summed E-state index contributed by atoms with van der Waals surface area (Å²) in [4.78, 5) is 10.2. The van der Waals surface area contributed by atoms with Gasteiger partial charge in [0, 0.05) is 43.3 Å². The highest BCUT2D eigenvalue weighted by Gasteiger charge is 2.03. The predicted molar refractivity (Wildman–Crippen MR) is 113 cm³/mol. The molecule has 2 N–H and O–H groups in total. The molecule has 3 heterocycles. The van der Waals surface area contributed by atoms with E-state index in [0.717, 1.165) is 41.8 Å². The van der Waals surface area contributed by atoms with Gasteiger partial charge in [0.2, 0.25) is 0 Å². The third-order valence-corrected chi connectivity index (χ3v) is 5.07. The lowest BCUT2D eigenvalue weighted by atomic mass is 10.1. The maximum atomic E-state index is 4.65. The van der Waals surface area contributed by atoms with E-state index in [1.807, 2.05) is 39.1 Å². The summed E-state index contributed by atoms with van der Waals surface area (Å²) in [6.45, 7) is 4.26. The van der Waals surface area contributed by atoms with Crippen LogP contribution < -0.4 is 10.6 Å². The van der Waals surface area contributed by atoms with Crippen molar-refractivity contribution in [3.05, 3.63) is 71.8 Å². The SMILES string of the molecule is CCNC(=NCc1cn2ccsc2n1)NCCc1ccc(-n2cccn2)cc1. The van der Waals surface area contributed by atoms with Crippen molar-refractivity contribution in [1.29, 1.82) is 0 Å². The quantitative estimate of drug-likeness (QED) is 0.374. The molecular weight excluding hydrogens is 370 g/mol. The summed E-state index contributed by atoms with van der Waals surface area (Å²) in [5.41, 5.74) is 3.31. The molecule has 0 atom stereocenters. The van der Waals surface area contributed by atoms with Gasteiger partial charge in [-0.25, -0.2) is 14.7 Å². The molecule has 0 radical (unpaired) electrons. The highest BCUT2D eigenvalue weighted by molar-refractivity contribution is 7.15. The van der Waals surface area contributed by atoms with E-state index in [0.29, 0.717) is 6.54 Å². The first-order valence-corrected chi connectivity index (χ1v) is 10.2. The molecule has 0 aliphatic carbocycles. The minimum Gasteiger partial charge on any atom is -0.357 e. The van der Waals surface area contributed by atoms with Crippen molar-refractivity contribution in [2.24, 2.45) is 4.99 Å². The number of aromatic nitrogens is 4. The molecule has 8 heteroatoms. The molecule has 144 valence electrons. The first-order valence-electron chi connectivity index (χ1n) is 9.34. The fraction of sp³-hybridized carbons (Fsp3) is 0.250. The number of nitrogens with zero attached hydrogens (tertiary/aromatic N) is 5. The van der Waals surface area contributed by atoms with E-state index >= 15 is 0 Å². The van der Waals surface area contributed by atoms with E-state index in [2.05, 4.69) is 56.9 Å². The normalized spacial score (nSPS) is 11.8. The molecule has 0 fully saturated rings. The van der Waals surface area contributed by atoms with Gasteiger partial charge in [-0.1, -0.05) is 12.1 Å². The zero-order valence-electron chi connectivity index (χ0n) is 15.7. The van der Waals surface area contributed by atoms with Gasteiger partial charge in [0.15, 0.2) is 10.9 Å². The van der Waals surface area contributed by atoms with Gasteiger partial charge in [0.1, 0.15) is 0 Å². The van der Waals surface area contributed by atoms with Gasteiger partial charge in [-0.2, -0.15) is 5.10 Å². The van der Waals surface area contributed by atoms with Gasteiger partial charge in [-0.15, -0.1) is 11.3 Å². The monoisotopic (exact) mass is 393 g/mol. The third kappa shape index (κ3) is 4.40. The molecule has 0 saturated carbocycles. The largest absolute Gasteiger partial charge is 0.357 e. The molecule has 0 aliphatic heterocycles. The number of rotatable bonds is 7. The summed E-state index contributed by atoms with van der Waals surface area (Å²) >= 11 is 1.63. The van der Waals surface area contributed by atoms with Crippen molar-refractivity contribution in [2.45, 2.75) is 19.9 Å². The van der Waals surface area contributed by atoms with E-state index in [9.17, 15) is 0 Å². The van der Waals surface area contributed by atoms with E-state index in [-0.39, 0.29) is 0 Å². The van der Waals surface area contributed by atoms with E-state index in [1.54, 1.807) is 17.5 Å². The number of fused-ring (bicyclic) bond motifs is 1. The highest BCUT2D eigenvalue weighted by atomic mass is 32.1. The van der Waals surface area contributed by atoms with Crippen molar-refractivity contribution in [3.63, 3.8) is 0 Å². The van der Waals surface area contributed by atoms with Crippen molar-refractivity contribution in [2.75, 3.05) is 13.1 Å². The van der Waals surface area contributed by atoms with E-state index < -0.39 is 0 Å². The maximum absolute atomic E-state index is 4.65. The molecule has 3 aromatic heterocycles. The van der Waals surface area contributed by atoms with Crippen LogP contribution in [0.3, 0.4) is 0 Å². The molecule has 0 amide bonds. The van der Waals surface area contributed by atoms with Crippen molar-refractivity contribution >= 4 is 22.3 Å². The van der Waals surface area contributed by atoms with Gasteiger partial charge in [-0.3, -0.25) is 4.40 Å². The number of benzene rings is 1. The summed E-state index contributed by atoms with van der Waals surface area (Å²) in [6.07, 6.45) is 8.69. The van der Waals surface area contributed by atoms with Crippen molar-refractivity contribution in [3.8, 4) is 5.69 Å². The average Bonchev–Trinajstić information content (AvgIpc) is 3.44. The van der Waals surface area contributed by atoms with Crippen molar-refractivity contribution in [1.82, 2.24) is 29.8 Å². The Morgan fingerprint density at radius 3 is 2.82 bits per heavy atom. The fourth-order valence-corrected chi connectivity index (χ4v) is 3.64. The van der Waals surface area contributed by atoms with Crippen LogP contribution in [-0.2, 0) is 13.0 Å². The predicted octanol–water partition coefficient (Wildman–Crippen LogP) is 2.88. The van der Waals surface area contributed by atoms with Crippen LogP contribution in [0.15, 0.2) is 65.5 Å². The molecule has 4 rings (SSSR count). The van der Waals surface area contributed by atoms with Crippen LogP contribution in [0.4, 0.5) is 0 Å². The zero-order valence-corrected chi connectivity index (χ0v) is 16.6. The van der Waals surface area contributed by atoms with Gasteiger partial charge < -0.3 is 10.6 Å². The number of hydrogen-bond donors (Lipinski definition) is 2. The van der Waals surface area contributed by atoms with E-state index in [1.165, 1.54) is 5.56 Å². The topological polar surface area (TPSA) is 71.5 Å². The lowest BCUT2D eigenvalue weighted by Crippen LogP contribution is -2.38. The van der Waals surface area contributed by atoms with Crippen LogP contribution >= 0.6 is 11.3 Å². The molecule has 4 aromatic rings. The fourth-order valence-electron chi connectivity index (χ4n) is 2.92. The lowest BCUT2D eigenvalue weighted by Gasteiger charge is -2.11. The van der Waals surface area contributed by atoms with Gasteiger partial charge in [0.25, 0.3) is 0 Å². The lowest BCUT2D eigenvalue weighted by molar-refractivity contribution is 0.797. The van der Waals surface area contributed by atoms with Gasteiger partial charge >= 0.3 is 0 Å². The van der Waals surface area contributed by atoms with Crippen LogP contribution in [0.5, 0.6) is 0 Å². The number of imidazole rings is 1. The highest BCUT2D eigenvalue weighted by Crippen LogP contribution is 2.12. The van der Waals surface area contributed by atoms with Crippen LogP contribution in [0, 0.1) is 0 Å². The minimum atomic E-state index is 0.558. The number of aliphatic imine (C=N–C) groups is 1. The first kappa shape index (κ1) is 18.2. The molecule has 0 bridgehead atoms. The Kier molecular flexibility index (Phi) is 5.67. The molecule has 1 aromatic carbocycles. The smallest absolute Gasteiger partial charge is 0.193 e. The first-order chi connectivity index (χ1) is 13.8. The maximum Gasteiger partial charge on any atom is 0.193 e. The Morgan fingerprint density at radius 1 is 1.18 bits per heavy atom. The average molecular weight is 394 g/mol. The molecule has 0 spiro atoms. The van der Waals surface area contributed by atoms with Crippen LogP contribution in [0.25, 0.3) is 10.6 Å². The van der Waals surface area contributed by atoms with Crippen molar-refractivity contribution < 1.29 is 0 Å². The van der Waals surface area contributed by atoms with Crippen LogP contribution in [0.1, 0.15) is 18.2 Å². The Bertz CT molecular complexity index is 1000. The molecule has 0 aliphatic rings. The number of hydrogen-bond acceptors (Lipinski definition) is 4. The second-order valence-electron chi connectivity index (χ2n) is 6.31. The Hall–Kier alpha value is -3.13. The van der Waals surface area contributed by atoms with Gasteiger partial charge in [0.05, 0.1) is 17.9 Å². The van der Waals surface area contributed by atoms with Crippen LogP contribution in [0.2, 0.25) is 0 Å². The number of thiazole rings is 1. The zero-order chi connectivity index (χ0) is 19.2. The number of nitrogens with one attached hydrogen (secondary N) is 2.